The van der Waals surface area contributed by atoms with Crippen molar-refractivity contribution >= 4 is 17.6 Å². The number of carbonyl (C=O) groups excluding carboxylic acids is 2. The normalized spacial score (nSPS) is 28.6. The van der Waals surface area contributed by atoms with E-state index < -0.39 is 17.8 Å². The molecular formula is C17H18NO4-. The Kier molecular flexibility index (Phi) is 3.88. The topological polar surface area (TPSA) is 78.5 Å². The van der Waals surface area contributed by atoms with Crippen LogP contribution in [0.2, 0.25) is 0 Å². The average molecular weight is 300 g/mol. The predicted molar refractivity (Wildman–Crippen MR) is 79.0 cm³/mol. The molecule has 2 aliphatic carbocycles. The van der Waals surface area contributed by atoms with Crippen LogP contribution in [0.4, 0.5) is 5.69 Å². The largest absolute Gasteiger partial charge is 0.550 e. The van der Waals surface area contributed by atoms with Crippen LogP contribution in [-0.4, -0.2) is 18.5 Å². The number of carboxylic acid groups (broad SMARTS) is 1. The van der Waals surface area contributed by atoms with E-state index in [1.165, 1.54) is 0 Å². The van der Waals surface area contributed by atoms with Gasteiger partial charge in [-0.05, 0) is 37.3 Å². The van der Waals surface area contributed by atoms with Crippen LogP contribution >= 0.6 is 0 Å². The Bertz CT molecular complexity index is 625. The summed E-state index contributed by atoms with van der Waals surface area (Å²) in [5.74, 6) is -2.26. The number of aliphatic carboxylic acids is 1. The number of hydrogen-bond acceptors (Lipinski definition) is 4. The molecule has 1 fully saturated rings. The van der Waals surface area contributed by atoms with E-state index in [2.05, 4.69) is 5.32 Å². The highest BCUT2D eigenvalue weighted by Gasteiger charge is 2.48. The molecule has 0 aromatic heterocycles. The Morgan fingerprint density at radius 2 is 1.91 bits per heavy atom. The summed E-state index contributed by atoms with van der Waals surface area (Å²) in [7, 11) is 0. The zero-order chi connectivity index (χ0) is 15.7. The highest BCUT2D eigenvalue weighted by atomic mass is 16.5. The van der Waals surface area contributed by atoms with Gasteiger partial charge in [-0.15, -0.1) is 0 Å². The average Bonchev–Trinajstić information content (AvgIpc) is 3.10. The van der Waals surface area contributed by atoms with E-state index in [9.17, 15) is 14.7 Å². The molecule has 0 saturated heterocycles. The molecule has 0 heterocycles. The van der Waals surface area contributed by atoms with Gasteiger partial charge < -0.3 is 20.0 Å². The smallest absolute Gasteiger partial charge is 0.228 e. The van der Waals surface area contributed by atoms with Crippen LogP contribution in [0.1, 0.15) is 13.3 Å². The number of carbonyl (C=O) groups is 2. The van der Waals surface area contributed by atoms with Gasteiger partial charge in [-0.1, -0.05) is 24.3 Å². The fourth-order valence-corrected chi connectivity index (χ4v) is 3.57. The van der Waals surface area contributed by atoms with Crippen molar-refractivity contribution < 1.29 is 19.4 Å². The summed E-state index contributed by atoms with van der Waals surface area (Å²) in [6.07, 6.45) is 4.55. The van der Waals surface area contributed by atoms with E-state index in [1.807, 2.05) is 25.1 Å². The molecule has 22 heavy (non-hydrogen) atoms. The van der Waals surface area contributed by atoms with Crippen LogP contribution in [-0.2, 0) is 9.59 Å². The lowest BCUT2D eigenvalue weighted by Gasteiger charge is -2.28. The Morgan fingerprint density at radius 1 is 1.23 bits per heavy atom. The molecule has 1 saturated carbocycles. The monoisotopic (exact) mass is 300 g/mol. The summed E-state index contributed by atoms with van der Waals surface area (Å²) in [6, 6.07) is 7.15. The van der Waals surface area contributed by atoms with Gasteiger partial charge in [0.25, 0.3) is 0 Å². The van der Waals surface area contributed by atoms with Crippen LogP contribution in [0, 0.1) is 23.7 Å². The fraction of sp³-hybridized carbons (Fsp3) is 0.412. The SMILES string of the molecule is CCOc1ccccc1NC(=O)[C@@H]1[C@@H](C(=O)[O-])[C@H]2C=C[C@H]1C2. The number of carboxylic acids is 1. The number of nitrogens with one attached hydrogen (secondary N) is 1. The quantitative estimate of drug-likeness (QED) is 0.829. The second kappa shape index (κ2) is 5.83. The Morgan fingerprint density at radius 3 is 2.59 bits per heavy atom. The molecule has 0 radical (unpaired) electrons. The number of anilines is 1. The second-order valence-electron chi connectivity index (χ2n) is 5.74. The third kappa shape index (κ3) is 2.47. The zero-order valence-electron chi connectivity index (χ0n) is 12.3. The van der Waals surface area contributed by atoms with Gasteiger partial charge in [0.15, 0.2) is 0 Å². The van der Waals surface area contributed by atoms with Crippen molar-refractivity contribution in [3.63, 3.8) is 0 Å². The number of amides is 1. The lowest BCUT2D eigenvalue weighted by molar-refractivity contribution is -0.313. The lowest BCUT2D eigenvalue weighted by Crippen LogP contribution is -2.42. The summed E-state index contributed by atoms with van der Waals surface area (Å²) >= 11 is 0. The zero-order valence-corrected chi connectivity index (χ0v) is 12.3. The molecule has 2 bridgehead atoms. The molecule has 1 amide bonds. The van der Waals surface area contributed by atoms with Crippen molar-refractivity contribution in [3.8, 4) is 5.75 Å². The number of allylic oxidation sites excluding steroid dienone is 2. The number of rotatable bonds is 5. The van der Waals surface area contributed by atoms with E-state index in [1.54, 1.807) is 18.2 Å². The number of benzene rings is 1. The van der Waals surface area contributed by atoms with Gasteiger partial charge in [0.05, 0.1) is 18.2 Å². The van der Waals surface area contributed by atoms with E-state index in [4.69, 9.17) is 4.74 Å². The molecule has 3 rings (SSSR count). The molecule has 0 unspecified atom stereocenters. The van der Waals surface area contributed by atoms with Crippen molar-refractivity contribution in [2.45, 2.75) is 13.3 Å². The van der Waals surface area contributed by atoms with Gasteiger partial charge >= 0.3 is 0 Å². The van der Waals surface area contributed by atoms with Gasteiger partial charge in [0.1, 0.15) is 5.75 Å². The summed E-state index contributed by atoms with van der Waals surface area (Å²) in [5, 5.41) is 14.2. The summed E-state index contributed by atoms with van der Waals surface area (Å²) in [4.78, 5) is 24.0. The standard InChI is InChI=1S/C17H19NO4/c1-2-22-13-6-4-3-5-12(13)18-16(19)14-10-7-8-11(9-10)15(14)17(20)21/h3-8,10-11,14-15H,2,9H2,1H3,(H,18,19)(H,20,21)/p-1/t10-,11-,14-,15-/m0/s1. The third-order valence-corrected chi connectivity index (χ3v) is 4.48. The van der Waals surface area contributed by atoms with Gasteiger partial charge in [-0.2, -0.15) is 0 Å². The van der Waals surface area contributed by atoms with Gasteiger partial charge in [-0.25, -0.2) is 0 Å². The molecule has 4 atom stereocenters. The van der Waals surface area contributed by atoms with E-state index in [-0.39, 0.29) is 17.7 Å². The highest BCUT2D eigenvalue weighted by Crippen LogP contribution is 2.48. The van der Waals surface area contributed by atoms with E-state index in [0.717, 1.165) is 0 Å². The Hall–Kier alpha value is -2.30. The highest BCUT2D eigenvalue weighted by molar-refractivity contribution is 5.97. The van der Waals surface area contributed by atoms with Crippen LogP contribution in [0.25, 0.3) is 0 Å². The first-order chi connectivity index (χ1) is 10.6. The summed E-state index contributed by atoms with van der Waals surface area (Å²) in [5.41, 5.74) is 0.568. The molecule has 2 aliphatic rings. The second-order valence-corrected chi connectivity index (χ2v) is 5.74. The molecule has 1 N–H and O–H groups in total. The van der Waals surface area contributed by atoms with Gasteiger partial charge in [-0.3, -0.25) is 4.79 Å². The minimum absolute atomic E-state index is 0.0212. The van der Waals surface area contributed by atoms with Gasteiger partial charge in [0, 0.05) is 11.9 Å². The molecular weight excluding hydrogens is 282 g/mol. The molecule has 0 spiro atoms. The van der Waals surface area contributed by atoms with Crippen molar-refractivity contribution in [1.82, 2.24) is 0 Å². The molecule has 1 aromatic carbocycles. The first-order valence-electron chi connectivity index (χ1n) is 7.53. The van der Waals surface area contributed by atoms with Crippen LogP contribution in [0.15, 0.2) is 36.4 Å². The summed E-state index contributed by atoms with van der Waals surface area (Å²) in [6.45, 7) is 2.36. The number of ether oxygens (including phenoxy) is 1. The van der Waals surface area contributed by atoms with Crippen LogP contribution < -0.4 is 15.2 Å². The van der Waals surface area contributed by atoms with Crippen molar-refractivity contribution in [2.75, 3.05) is 11.9 Å². The Balaban J connectivity index is 1.80. The fourth-order valence-electron chi connectivity index (χ4n) is 3.57. The van der Waals surface area contributed by atoms with E-state index in [0.29, 0.717) is 24.5 Å². The first-order valence-corrected chi connectivity index (χ1v) is 7.53. The molecule has 1 aromatic rings. The van der Waals surface area contributed by atoms with Crippen molar-refractivity contribution in [1.29, 1.82) is 0 Å². The number of para-hydroxylation sites is 2. The molecule has 0 aliphatic heterocycles. The lowest BCUT2D eigenvalue weighted by atomic mass is 9.82. The van der Waals surface area contributed by atoms with Crippen molar-refractivity contribution in [2.24, 2.45) is 23.7 Å². The Labute approximate surface area is 129 Å². The maximum Gasteiger partial charge on any atom is 0.228 e. The maximum atomic E-state index is 12.6. The number of fused-ring (bicyclic) bond motifs is 2. The number of hydrogen-bond donors (Lipinski definition) is 1. The molecule has 5 heteroatoms. The minimum Gasteiger partial charge on any atom is -0.550 e. The first kappa shape index (κ1) is 14.6. The van der Waals surface area contributed by atoms with Gasteiger partial charge in [0.2, 0.25) is 5.91 Å². The van der Waals surface area contributed by atoms with Crippen molar-refractivity contribution in [3.05, 3.63) is 36.4 Å². The predicted octanol–water partition coefficient (Wildman–Crippen LogP) is 1.21. The van der Waals surface area contributed by atoms with Crippen LogP contribution in [0.3, 0.4) is 0 Å². The summed E-state index contributed by atoms with van der Waals surface area (Å²) < 4.78 is 5.48. The minimum atomic E-state index is -1.14. The third-order valence-electron chi connectivity index (χ3n) is 4.48. The maximum absolute atomic E-state index is 12.6. The van der Waals surface area contributed by atoms with E-state index >= 15 is 0 Å². The molecule has 116 valence electrons. The van der Waals surface area contributed by atoms with Crippen LogP contribution in [0.5, 0.6) is 5.75 Å². The molecule has 5 nitrogen and oxygen atoms in total.